The summed E-state index contributed by atoms with van der Waals surface area (Å²) in [6.07, 6.45) is 1.03. The molecular formula is C29H27ClN2O5. The zero-order chi connectivity index (χ0) is 25.5. The number of fused-ring (bicyclic) bond motifs is 2. The number of ketones is 1. The number of allylic oxidation sites excluding steroid dienone is 1. The zero-order valence-electron chi connectivity index (χ0n) is 20.6. The highest BCUT2D eigenvalue weighted by Crippen LogP contribution is 2.48. The van der Waals surface area contributed by atoms with Gasteiger partial charge in [0, 0.05) is 29.3 Å². The second-order valence-electron chi connectivity index (χ2n) is 9.24. The van der Waals surface area contributed by atoms with Gasteiger partial charge in [0.05, 0.1) is 36.2 Å². The number of halogens is 1. The Morgan fingerprint density at radius 2 is 1.78 bits per heavy atom. The summed E-state index contributed by atoms with van der Waals surface area (Å²) in [7, 11) is 1.63. The molecule has 190 valence electrons. The van der Waals surface area contributed by atoms with Gasteiger partial charge in [-0.2, -0.15) is 0 Å². The number of Topliss-reactive ketones (excluding diaryl/α,β-unsaturated/α-hetero) is 1. The van der Waals surface area contributed by atoms with Crippen LogP contribution in [0.25, 0.3) is 0 Å². The first-order valence-corrected chi connectivity index (χ1v) is 12.7. The Labute approximate surface area is 220 Å². The molecule has 2 aliphatic heterocycles. The molecule has 3 aromatic carbocycles. The summed E-state index contributed by atoms with van der Waals surface area (Å²) < 4.78 is 22.4. The largest absolute Gasteiger partial charge is 0.493 e. The minimum atomic E-state index is -0.448. The number of hydrogen-bond donors (Lipinski definition) is 2. The van der Waals surface area contributed by atoms with E-state index in [0.717, 1.165) is 28.2 Å². The van der Waals surface area contributed by atoms with Gasteiger partial charge < -0.3 is 29.6 Å². The summed E-state index contributed by atoms with van der Waals surface area (Å²) in [5.74, 6) is 2.63. The van der Waals surface area contributed by atoms with Crippen LogP contribution in [0.3, 0.4) is 0 Å². The topological polar surface area (TPSA) is 78.1 Å². The first kappa shape index (κ1) is 23.6. The van der Waals surface area contributed by atoms with Crippen molar-refractivity contribution >= 4 is 28.8 Å². The maximum Gasteiger partial charge on any atom is 0.231 e. The van der Waals surface area contributed by atoms with Crippen molar-refractivity contribution in [3.05, 3.63) is 82.0 Å². The molecule has 0 saturated carbocycles. The Morgan fingerprint density at radius 1 is 1.00 bits per heavy atom. The molecule has 0 saturated heterocycles. The molecule has 2 atom stereocenters. The molecule has 0 radical (unpaired) electrons. The molecule has 0 spiro atoms. The molecule has 6 rings (SSSR count). The quantitative estimate of drug-likeness (QED) is 0.401. The van der Waals surface area contributed by atoms with Crippen molar-refractivity contribution in [3.63, 3.8) is 0 Å². The number of para-hydroxylation sites is 2. The van der Waals surface area contributed by atoms with E-state index in [9.17, 15) is 4.79 Å². The fraction of sp³-hybridized carbons (Fsp3) is 0.276. The lowest BCUT2D eigenvalue weighted by Gasteiger charge is -2.30. The number of anilines is 2. The minimum Gasteiger partial charge on any atom is -0.493 e. The maximum absolute atomic E-state index is 13.9. The monoisotopic (exact) mass is 518 g/mol. The Hall–Kier alpha value is -3.84. The fourth-order valence-electron chi connectivity index (χ4n) is 5.33. The van der Waals surface area contributed by atoms with Crippen LogP contribution in [0.15, 0.2) is 65.9 Å². The number of carbonyl (C=O) groups is 1. The molecule has 0 fully saturated rings. The van der Waals surface area contributed by atoms with Gasteiger partial charge in [0.2, 0.25) is 6.79 Å². The van der Waals surface area contributed by atoms with Gasteiger partial charge in [-0.05, 0) is 55.2 Å². The van der Waals surface area contributed by atoms with Crippen LogP contribution in [0.4, 0.5) is 11.4 Å². The lowest BCUT2D eigenvalue weighted by molar-refractivity contribution is -0.116. The highest BCUT2D eigenvalue weighted by molar-refractivity contribution is 6.31. The molecule has 1 aliphatic carbocycles. The predicted molar refractivity (Wildman–Crippen MR) is 142 cm³/mol. The zero-order valence-corrected chi connectivity index (χ0v) is 21.4. The van der Waals surface area contributed by atoms with Crippen molar-refractivity contribution in [2.24, 2.45) is 0 Å². The third kappa shape index (κ3) is 4.23. The van der Waals surface area contributed by atoms with Crippen LogP contribution in [-0.2, 0) is 4.79 Å². The fourth-order valence-corrected chi connectivity index (χ4v) is 5.59. The van der Waals surface area contributed by atoms with Crippen LogP contribution in [0.2, 0.25) is 5.02 Å². The number of carbonyl (C=O) groups excluding carboxylic acids is 1. The van der Waals surface area contributed by atoms with Crippen LogP contribution in [-0.4, -0.2) is 26.3 Å². The molecule has 0 bridgehead atoms. The number of benzene rings is 3. The van der Waals surface area contributed by atoms with Crippen molar-refractivity contribution < 1.29 is 23.7 Å². The van der Waals surface area contributed by atoms with E-state index in [1.165, 1.54) is 0 Å². The van der Waals surface area contributed by atoms with Crippen molar-refractivity contribution in [2.45, 2.75) is 31.7 Å². The van der Waals surface area contributed by atoms with Gasteiger partial charge in [0.15, 0.2) is 28.8 Å². The van der Waals surface area contributed by atoms with Crippen LogP contribution in [0.1, 0.15) is 42.9 Å². The maximum atomic E-state index is 13.9. The Bertz CT molecular complexity index is 1420. The molecule has 2 N–H and O–H groups in total. The number of nitrogens with one attached hydrogen (secondary N) is 2. The number of ether oxygens (including phenoxy) is 4. The van der Waals surface area contributed by atoms with Crippen molar-refractivity contribution in [3.8, 4) is 23.0 Å². The van der Waals surface area contributed by atoms with Crippen LogP contribution in [0, 0.1) is 0 Å². The first-order chi connectivity index (χ1) is 18.1. The summed E-state index contributed by atoms with van der Waals surface area (Å²) in [4.78, 5) is 13.9. The van der Waals surface area contributed by atoms with E-state index >= 15 is 0 Å². The molecule has 37 heavy (non-hydrogen) atoms. The van der Waals surface area contributed by atoms with Gasteiger partial charge in [-0.3, -0.25) is 4.79 Å². The third-order valence-corrected chi connectivity index (χ3v) is 7.40. The van der Waals surface area contributed by atoms with E-state index in [1.807, 2.05) is 55.5 Å². The smallest absolute Gasteiger partial charge is 0.231 e. The minimum absolute atomic E-state index is 0.0125. The van der Waals surface area contributed by atoms with E-state index in [1.54, 1.807) is 13.2 Å². The molecule has 0 amide bonds. The Morgan fingerprint density at radius 3 is 2.57 bits per heavy atom. The number of methoxy groups -OCH3 is 1. The molecule has 2 heterocycles. The Balaban J connectivity index is 1.43. The summed E-state index contributed by atoms with van der Waals surface area (Å²) >= 11 is 6.74. The van der Waals surface area contributed by atoms with Gasteiger partial charge in [-0.1, -0.05) is 29.8 Å². The number of rotatable bonds is 5. The SMILES string of the molecule is CCOc1ccc([C@H]2CC(=O)C3=C(C2)Nc2ccccc2N[C@@H]3c2cc3c(cc2Cl)OCO3)cc1OC. The lowest BCUT2D eigenvalue weighted by Crippen LogP contribution is -2.27. The van der Waals surface area contributed by atoms with E-state index in [2.05, 4.69) is 10.6 Å². The van der Waals surface area contributed by atoms with Gasteiger partial charge >= 0.3 is 0 Å². The first-order valence-electron chi connectivity index (χ1n) is 12.3. The normalized spacial score (nSPS) is 19.8. The summed E-state index contributed by atoms with van der Waals surface area (Å²) in [6.45, 7) is 2.64. The van der Waals surface area contributed by atoms with Crippen molar-refractivity contribution in [1.29, 1.82) is 0 Å². The Kier molecular flexibility index (Phi) is 6.08. The van der Waals surface area contributed by atoms with Gasteiger partial charge in [-0.25, -0.2) is 0 Å². The molecule has 7 nitrogen and oxygen atoms in total. The van der Waals surface area contributed by atoms with Crippen LogP contribution >= 0.6 is 11.6 Å². The average Bonchev–Trinajstić information content (AvgIpc) is 3.28. The van der Waals surface area contributed by atoms with Gasteiger partial charge in [-0.15, -0.1) is 0 Å². The molecule has 0 aromatic heterocycles. The molecular weight excluding hydrogens is 492 g/mol. The summed E-state index contributed by atoms with van der Waals surface area (Å²) in [6, 6.07) is 17.0. The second-order valence-corrected chi connectivity index (χ2v) is 9.65. The second kappa shape index (κ2) is 9.56. The predicted octanol–water partition coefficient (Wildman–Crippen LogP) is 6.46. The summed E-state index contributed by atoms with van der Waals surface area (Å²) in [5.41, 5.74) is 5.17. The lowest BCUT2D eigenvalue weighted by atomic mass is 9.78. The van der Waals surface area contributed by atoms with Crippen molar-refractivity contribution in [2.75, 3.05) is 31.1 Å². The highest BCUT2D eigenvalue weighted by atomic mass is 35.5. The molecule has 3 aliphatic rings. The third-order valence-electron chi connectivity index (χ3n) is 7.07. The molecule has 3 aromatic rings. The van der Waals surface area contributed by atoms with Crippen LogP contribution in [0.5, 0.6) is 23.0 Å². The van der Waals surface area contributed by atoms with E-state index in [4.69, 9.17) is 30.5 Å². The number of hydrogen-bond acceptors (Lipinski definition) is 7. The van der Waals surface area contributed by atoms with Crippen molar-refractivity contribution in [1.82, 2.24) is 0 Å². The van der Waals surface area contributed by atoms with E-state index in [-0.39, 0.29) is 18.5 Å². The average molecular weight is 519 g/mol. The van der Waals surface area contributed by atoms with Gasteiger partial charge in [0.1, 0.15) is 0 Å². The van der Waals surface area contributed by atoms with E-state index < -0.39 is 6.04 Å². The van der Waals surface area contributed by atoms with Crippen LogP contribution < -0.4 is 29.6 Å². The molecule has 8 heteroatoms. The highest BCUT2D eigenvalue weighted by Gasteiger charge is 2.37. The molecule has 0 unspecified atom stereocenters. The standard InChI is InChI=1S/C29H27ClN2O5/c1-3-35-24-9-8-16(12-25(24)34-2)17-10-22-28(23(33)11-17)29(32-21-7-5-4-6-20(21)31-22)18-13-26-27(14-19(18)30)37-15-36-26/h4-9,12-14,17,29,31-32H,3,10-11,15H2,1-2H3/t17-,29-/m1/s1. The van der Waals surface area contributed by atoms with E-state index in [0.29, 0.717) is 53.0 Å². The van der Waals surface area contributed by atoms with Gasteiger partial charge in [0.25, 0.3) is 0 Å². The summed E-state index contributed by atoms with van der Waals surface area (Å²) in [5, 5.41) is 7.65.